The number of ketones is 1. The summed E-state index contributed by atoms with van der Waals surface area (Å²) < 4.78 is 32.0. The molecule has 0 unspecified atom stereocenters. The molecule has 3 aliphatic heterocycles. The number of ether oxygens (including phenoxy) is 3. The van der Waals surface area contributed by atoms with Crippen LogP contribution in [-0.4, -0.2) is 38.7 Å². The van der Waals surface area contributed by atoms with E-state index in [0.717, 1.165) is 88.4 Å². The molecule has 13 heteroatoms. The number of hydrogen-bond acceptors (Lipinski definition) is 10. The number of phenols is 1. The van der Waals surface area contributed by atoms with Crippen molar-refractivity contribution in [1.29, 1.82) is 0 Å². The van der Waals surface area contributed by atoms with Crippen molar-refractivity contribution in [2.45, 2.75) is 290 Å². The quantitative estimate of drug-likeness (QED) is 0.0229. The molecule has 0 fully saturated rings. The number of benzene rings is 8. The maximum absolute atomic E-state index is 14.0. The van der Waals surface area contributed by atoms with Crippen LogP contribution >= 0.6 is 0 Å². The van der Waals surface area contributed by atoms with Gasteiger partial charge < -0.3 is 24.0 Å². The molecule has 0 spiro atoms. The van der Waals surface area contributed by atoms with Crippen molar-refractivity contribution in [2.75, 3.05) is 0 Å². The van der Waals surface area contributed by atoms with E-state index in [2.05, 4.69) is 99.6 Å². The Morgan fingerprint density at radius 1 is 0.319 bits per heavy atom. The molecule has 5 heterocycles. The lowest BCUT2D eigenvalue weighted by molar-refractivity contribution is 0.103. The van der Waals surface area contributed by atoms with Crippen LogP contribution in [0.4, 0.5) is 11.6 Å². The number of nitrogens with zero attached hydrogens (tertiary/aromatic N) is 6. The van der Waals surface area contributed by atoms with Crippen molar-refractivity contribution in [3.8, 4) is 46.0 Å². The van der Waals surface area contributed by atoms with Crippen molar-refractivity contribution in [1.82, 2.24) is 8.96 Å². The molecule has 3 aliphatic rings. The molecule has 10 aromatic rings. The third-order valence-electron chi connectivity index (χ3n) is 23.2. The molecule has 4 bridgehead atoms. The normalized spacial score (nSPS) is 13.3. The second-order valence-corrected chi connectivity index (χ2v) is 32.3. The fourth-order valence-electron chi connectivity index (χ4n) is 16.8. The summed E-state index contributed by atoms with van der Waals surface area (Å²) in [5.41, 5.74) is 7.05. The molecule has 0 atom stereocenters. The molecule has 12 nitrogen and oxygen atoms in total. The molecular weight excluding hydrogens is 1390 g/mol. The topological polar surface area (TPSA) is 134 Å². The average Bonchev–Trinajstić information content (AvgIpc) is 1.54. The first-order valence-corrected chi connectivity index (χ1v) is 44.3. The predicted molar refractivity (Wildman–Crippen MR) is 468 cm³/mol. The minimum atomic E-state index is -1.06. The summed E-state index contributed by atoms with van der Waals surface area (Å²) in [6.07, 6.45) is 54.7. The summed E-state index contributed by atoms with van der Waals surface area (Å²) in [7, 11) is -1.06. The van der Waals surface area contributed by atoms with Gasteiger partial charge in [-0.15, -0.1) is 0 Å². The van der Waals surface area contributed by atoms with Gasteiger partial charge in [0.15, 0.2) is 17.5 Å². The van der Waals surface area contributed by atoms with E-state index in [4.69, 9.17) is 38.8 Å². The van der Waals surface area contributed by atoms with Crippen molar-refractivity contribution < 1.29 is 28.8 Å². The van der Waals surface area contributed by atoms with Crippen molar-refractivity contribution in [2.24, 2.45) is 20.0 Å². The van der Waals surface area contributed by atoms with Gasteiger partial charge in [-0.3, -0.25) is 13.8 Å². The minimum Gasteiger partial charge on any atom is -0.522 e. The van der Waals surface area contributed by atoms with Crippen molar-refractivity contribution in [3.05, 3.63) is 226 Å². The smallest absolute Gasteiger partial charge is 0.522 e. The van der Waals surface area contributed by atoms with E-state index in [1.807, 2.05) is 75.7 Å². The van der Waals surface area contributed by atoms with Gasteiger partial charge in [0.2, 0.25) is 0 Å². The zero-order valence-electron chi connectivity index (χ0n) is 68.2. The van der Waals surface area contributed by atoms with Crippen molar-refractivity contribution in [3.63, 3.8) is 0 Å². The fourth-order valence-corrected chi connectivity index (χ4v) is 16.8. The Labute approximate surface area is 673 Å². The van der Waals surface area contributed by atoms with Gasteiger partial charge in [0, 0.05) is 44.3 Å². The van der Waals surface area contributed by atoms with Crippen LogP contribution in [0.5, 0.6) is 46.0 Å². The minimum absolute atomic E-state index is 0.155. The van der Waals surface area contributed by atoms with E-state index >= 15 is 0 Å². The summed E-state index contributed by atoms with van der Waals surface area (Å²) >= 11 is 0. The highest BCUT2D eigenvalue weighted by Crippen LogP contribution is 2.45. The number of carbonyl (C=O) groups excluding carboxylic acids is 1. The van der Waals surface area contributed by atoms with Crippen LogP contribution in [0.1, 0.15) is 315 Å². The van der Waals surface area contributed by atoms with E-state index in [1.54, 1.807) is 24.3 Å². The van der Waals surface area contributed by atoms with Gasteiger partial charge in [0.05, 0.1) is 5.56 Å². The number of amidine groups is 2. The maximum Gasteiger partial charge on any atom is 0.633 e. The predicted octanol–water partition coefficient (Wildman–Crippen LogP) is 28.0. The summed E-state index contributed by atoms with van der Waals surface area (Å²) in [6, 6.07) is 57.8. The molecule has 113 heavy (non-hydrogen) atoms. The van der Waals surface area contributed by atoms with Crippen LogP contribution in [0.15, 0.2) is 196 Å². The number of carbonyl (C=O) groups is 1. The summed E-state index contributed by atoms with van der Waals surface area (Å²) in [5, 5.41) is 15.0. The Morgan fingerprint density at radius 3 is 1.18 bits per heavy atom. The molecule has 1 N–H and O–H groups in total. The molecule has 8 aromatic carbocycles. The second kappa shape index (κ2) is 43.1. The fraction of sp³-hybridized carbons (Fsp3) is 0.450. The Morgan fingerprint density at radius 2 is 0.708 bits per heavy atom. The van der Waals surface area contributed by atoms with Gasteiger partial charge in [-0.1, -0.05) is 319 Å². The number of rotatable bonds is 52. The first-order chi connectivity index (χ1) is 55.8. The van der Waals surface area contributed by atoms with Crippen LogP contribution in [0, 0.1) is 0 Å². The van der Waals surface area contributed by atoms with Gasteiger partial charge in [-0.2, -0.15) is 0 Å². The number of phenolic OH excluding ortho intramolecular Hbond substituents is 1. The van der Waals surface area contributed by atoms with E-state index in [-0.39, 0.29) is 17.1 Å². The molecule has 0 amide bonds. The lowest BCUT2D eigenvalue weighted by Gasteiger charge is -2.23. The molecule has 0 aliphatic carbocycles. The second-order valence-electron chi connectivity index (χ2n) is 32.3. The van der Waals surface area contributed by atoms with E-state index in [9.17, 15) is 9.90 Å². The van der Waals surface area contributed by atoms with Crippen LogP contribution in [0.2, 0.25) is 0 Å². The Bertz CT molecular complexity index is 4920. The number of aryl methyl sites for hydroxylation is 3. The Hall–Kier alpha value is -9.49. The number of aromatic nitrogens is 2. The zero-order chi connectivity index (χ0) is 77.6. The Kier molecular flexibility index (Phi) is 31.1. The largest absolute Gasteiger partial charge is 0.633 e. The standard InChI is InChI=1S/C100H123BN6O6/c1-4-7-10-13-16-19-22-25-28-31-34-37-41-49-75-52-46-57-79(68-75)110-82-60-64-86-90(71-82)96-102-95(86)103-99-91-72-83(111-80-58-47-53-76(69-80)50-42-38-35-32-29-26-23-20-17-14-11-8-5-2)62-66-88(91)98-105-100-92-73-84(112-81-59-48-54-77(70-81)51-43-39-36-33-30-27-24-21-18-15-12-9-6-3)61-65-87(92)97(104-96)106(100)101(107(98)99)113-85-63-67-89(93(108)74-85)94(109)78-55-44-40-45-56-78/h40,44-48,52-74,108H,4-39,41-43,49-51H2,1-3H3/b103-95-,103-99?,104-96?,104-97-. The molecule has 13 rings (SSSR count). The number of unbranched alkanes of at least 4 members (excludes halogenated alkanes) is 36. The maximum atomic E-state index is 14.0. The molecule has 592 valence electrons. The van der Waals surface area contributed by atoms with Crippen molar-refractivity contribution >= 4 is 57.8 Å². The molecule has 0 radical (unpaired) electrons. The van der Waals surface area contributed by atoms with Gasteiger partial charge >= 0.3 is 7.19 Å². The first kappa shape index (κ1) is 81.5. The van der Waals surface area contributed by atoms with E-state index in [1.165, 1.54) is 254 Å². The van der Waals surface area contributed by atoms with Gasteiger partial charge in [-0.25, -0.2) is 20.0 Å². The number of hydrogen-bond donors (Lipinski definition) is 1. The van der Waals surface area contributed by atoms with Gasteiger partial charge in [0.25, 0.3) is 0 Å². The van der Waals surface area contributed by atoms with Crippen LogP contribution in [-0.2, 0) is 19.3 Å². The monoisotopic (exact) mass is 1510 g/mol. The van der Waals surface area contributed by atoms with Crippen LogP contribution < -0.4 is 29.8 Å². The molecule has 0 saturated carbocycles. The van der Waals surface area contributed by atoms with Crippen LogP contribution in [0.3, 0.4) is 0 Å². The lowest BCUT2D eigenvalue weighted by atomic mass is 9.97. The highest BCUT2D eigenvalue weighted by Gasteiger charge is 2.41. The SMILES string of the molecule is CCCCCCCCCCCCCCCc1cccc(Oc2ccc3c(c2)C2=NC/3=N\c3c4cc(Oc5cccc(CCCCCCCCCCCCCCC)c5)ccc4c4n3B(Oc3ccc(C(=O)c5ccccc5)c(O)c3)n3c(c5cc(Oc6cccc(CCCCCCCCCCCCCCC)c6)ccc5/c3=N/2)=N4)c1. The summed E-state index contributed by atoms with van der Waals surface area (Å²) in [4.78, 5) is 36.3. The number of aliphatic imine (C=N–C) groups is 2. The molecule has 0 saturated heterocycles. The number of fused-ring (bicyclic) bond motifs is 10. The molecule has 2 aromatic heterocycles. The third-order valence-corrected chi connectivity index (χ3v) is 23.2. The summed E-state index contributed by atoms with van der Waals surface area (Å²) in [5.74, 6) is 6.02. The highest BCUT2D eigenvalue weighted by atomic mass is 16.5. The first-order valence-electron chi connectivity index (χ1n) is 44.3. The van der Waals surface area contributed by atoms with E-state index < -0.39 is 7.19 Å². The molecular formula is C100H123BN6O6. The zero-order valence-corrected chi connectivity index (χ0v) is 68.2. The number of aromatic hydroxyl groups is 1. The lowest BCUT2D eigenvalue weighted by Crippen LogP contribution is -2.52. The van der Waals surface area contributed by atoms with Gasteiger partial charge in [-0.05, 0) is 158 Å². The van der Waals surface area contributed by atoms with E-state index in [0.29, 0.717) is 62.8 Å². The van der Waals surface area contributed by atoms with Gasteiger partial charge in [0.1, 0.15) is 68.6 Å². The van der Waals surface area contributed by atoms with Crippen LogP contribution in [0.25, 0.3) is 21.5 Å². The Balaban J connectivity index is 0.808. The third kappa shape index (κ3) is 22.7. The summed E-state index contributed by atoms with van der Waals surface area (Å²) in [6.45, 7) is 6.87. The highest BCUT2D eigenvalue weighted by molar-refractivity contribution is 6.52. The average molecular weight is 1520 g/mol.